The van der Waals surface area contributed by atoms with Crippen molar-refractivity contribution in [2.45, 2.75) is 33.1 Å². The molecule has 0 N–H and O–H groups in total. The van der Waals surface area contributed by atoms with Crippen LogP contribution in [0.3, 0.4) is 0 Å². The first-order valence-electron chi connectivity index (χ1n) is 5.48. The van der Waals surface area contributed by atoms with Gasteiger partial charge in [0.15, 0.2) is 0 Å². The summed E-state index contributed by atoms with van der Waals surface area (Å²) in [5, 5.41) is 0. The average Bonchev–Trinajstić information content (AvgIpc) is 2.20. The van der Waals surface area contributed by atoms with Gasteiger partial charge in [-0.05, 0) is 60.3 Å². The van der Waals surface area contributed by atoms with Gasteiger partial charge < -0.3 is 9.53 Å². The highest BCUT2D eigenvalue weighted by Crippen LogP contribution is 2.25. The van der Waals surface area contributed by atoms with Crippen LogP contribution in [0.15, 0.2) is 22.7 Å². The molecule has 0 bridgehead atoms. The fourth-order valence-electron chi connectivity index (χ4n) is 1.38. The van der Waals surface area contributed by atoms with E-state index in [1.54, 1.807) is 6.92 Å². The highest BCUT2D eigenvalue weighted by molar-refractivity contribution is 9.10. The summed E-state index contributed by atoms with van der Waals surface area (Å²) in [6.07, 6.45) is 2.47. The molecule has 88 valence electrons. The molecule has 0 saturated carbocycles. The number of hydrogen-bond donors (Lipinski definition) is 0. The third kappa shape index (κ3) is 4.79. The molecule has 0 aromatic heterocycles. The number of carbonyl (C=O) groups is 1. The quantitative estimate of drug-likeness (QED) is 0.741. The van der Waals surface area contributed by atoms with Crippen LogP contribution in [0.1, 0.15) is 31.7 Å². The number of aryl methyl sites for hydroxylation is 1. The molecule has 1 rings (SSSR count). The molecule has 0 unspecified atom stereocenters. The predicted molar refractivity (Wildman–Crippen MR) is 68.9 cm³/mol. The molecule has 0 heterocycles. The van der Waals surface area contributed by atoms with Crippen molar-refractivity contribution < 1.29 is 9.53 Å². The van der Waals surface area contributed by atoms with Crippen LogP contribution in [0.2, 0.25) is 0 Å². The lowest BCUT2D eigenvalue weighted by atomic mass is 10.2. The maximum absolute atomic E-state index is 10.7. The van der Waals surface area contributed by atoms with Crippen molar-refractivity contribution in [1.29, 1.82) is 0 Å². The van der Waals surface area contributed by atoms with Crippen LogP contribution < -0.4 is 4.74 Å². The number of carbonyl (C=O) groups excluding carboxylic acids is 1. The highest BCUT2D eigenvalue weighted by atomic mass is 79.9. The maximum atomic E-state index is 10.7. The third-order valence-electron chi connectivity index (χ3n) is 2.27. The molecule has 0 spiro atoms. The monoisotopic (exact) mass is 284 g/mol. The summed E-state index contributed by atoms with van der Waals surface area (Å²) in [5.74, 6) is 1.12. The van der Waals surface area contributed by atoms with Gasteiger partial charge in [-0.2, -0.15) is 0 Å². The van der Waals surface area contributed by atoms with E-state index in [1.807, 2.05) is 25.1 Å². The number of unbranched alkanes of at least 4 members (excludes halogenated alkanes) is 1. The minimum atomic E-state index is 0.247. The zero-order valence-electron chi connectivity index (χ0n) is 9.75. The lowest BCUT2D eigenvalue weighted by Gasteiger charge is -2.08. The number of ether oxygens (including phenoxy) is 1. The van der Waals surface area contributed by atoms with E-state index in [0.717, 1.165) is 23.1 Å². The lowest BCUT2D eigenvalue weighted by Crippen LogP contribution is -1.99. The number of Topliss-reactive ketones (excluding diaryl/α,β-unsaturated/α-hetero) is 1. The molecular formula is C13H17BrO2. The largest absolute Gasteiger partial charge is 0.492 e. The van der Waals surface area contributed by atoms with E-state index in [4.69, 9.17) is 4.74 Å². The van der Waals surface area contributed by atoms with Crippen molar-refractivity contribution in [2.75, 3.05) is 6.61 Å². The molecule has 0 saturated heterocycles. The molecule has 3 heteroatoms. The normalized spacial score (nSPS) is 10.2. The van der Waals surface area contributed by atoms with E-state index in [-0.39, 0.29) is 5.78 Å². The minimum Gasteiger partial charge on any atom is -0.492 e. The van der Waals surface area contributed by atoms with Gasteiger partial charge in [0, 0.05) is 6.42 Å². The van der Waals surface area contributed by atoms with Gasteiger partial charge >= 0.3 is 0 Å². The summed E-state index contributed by atoms with van der Waals surface area (Å²) in [4.78, 5) is 10.7. The molecule has 0 radical (unpaired) electrons. The second-order valence-electron chi connectivity index (χ2n) is 3.94. The van der Waals surface area contributed by atoms with Gasteiger partial charge in [-0.25, -0.2) is 0 Å². The number of halogens is 1. The van der Waals surface area contributed by atoms with Gasteiger partial charge in [0.2, 0.25) is 0 Å². The summed E-state index contributed by atoms with van der Waals surface area (Å²) in [6, 6.07) is 6.02. The Morgan fingerprint density at radius 2 is 2.12 bits per heavy atom. The molecule has 1 aromatic rings. The van der Waals surface area contributed by atoms with E-state index in [9.17, 15) is 4.79 Å². The molecule has 0 aliphatic heterocycles. The Kier molecular flexibility index (Phi) is 5.53. The van der Waals surface area contributed by atoms with Crippen molar-refractivity contribution in [2.24, 2.45) is 0 Å². The summed E-state index contributed by atoms with van der Waals surface area (Å²) < 4.78 is 6.60. The summed E-state index contributed by atoms with van der Waals surface area (Å²) in [5.41, 5.74) is 1.20. The SMILES string of the molecule is CC(=O)CCCCOc1ccc(C)cc1Br. The zero-order valence-corrected chi connectivity index (χ0v) is 11.3. The van der Waals surface area contributed by atoms with E-state index >= 15 is 0 Å². The molecule has 0 aliphatic carbocycles. The van der Waals surface area contributed by atoms with Crippen LogP contribution in [-0.4, -0.2) is 12.4 Å². The molecule has 2 nitrogen and oxygen atoms in total. The predicted octanol–water partition coefficient (Wildman–Crippen LogP) is 3.90. The summed E-state index contributed by atoms with van der Waals surface area (Å²) in [6.45, 7) is 4.33. The first-order chi connectivity index (χ1) is 7.59. The van der Waals surface area contributed by atoms with Gasteiger partial charge in [-0.1, -0.05) is 6.07 Å². The number of hydrogen-bond acceptors (Lipinski definition) is 2. The molecule has 1 aromatic carbocycles. The van der Waals surface area contributed by atoms with E-state index in [1.165, 1.54) is 5.56 Å². The average molecular weight is 285 g/mol. The van der Waals surface area contributed by atoms with Crippen molar-refractivity contribution in [1.82, 2.24) is 0 Å². The second kappa shape index (κ2) is 6.69. The second-order valence-corrected chi connectivity index (χ2v) is 4.80. The Labute approximate surface area is 105 Å². The van der Waals surface area contributed by atoms with Crippen LogP contribution in [0.25, 0.3) is 0 Å². The standard InChI is InChI=1S/C13H17BrO2/c1-10-6-7-13(12(14)9-10)16-8-4-3-5-11(2)15/h6-7,9H,3-5,8H2,1-2H3. The van der Waals surface area contributed by atoms with Crippen LogP contribution in [0.5, 0.6) is 5.75 Å². The smallest absolute Gasteiger partial charge is 0.133 e. The maximum Gasteiger partial charge on any atom is 0.133 e. The van der Waals surface area contributed by atoms with Gasteiger partial charge in [0.25, 0.3) is 0 Å². The topological polar surface area (TPSA) is 26.3 Å². The first-order valence-corrected chi connectivity index (χ1v) is 6.27. The van der Waals surface area contributed by atoms with E-state index in [0.29, 0.717) is 13.0 Å². The van der Waals surface area contributed by atoms with Gasteiger partial charge in [0.05, 0.1) is 11.1 Å². The molecule has 0 amide bonds. The van der Waals surface area contributed by atoms with Gasteiger partial charge in [-0.3, -0.25) is 0 Å². The minimum absolute atomic E-state index is 0.247. The van der Waals surface area contributed by atoms with Crippen LogP contribution in [0, 0.1) is 6.92 Å². The third-order valence-corrected chi connectivity index (χ3v) is 2.89. The highest BCUT2D eigenvalue weighted by Gasteiger charge is 2.01. The first kappa shape index (κ1) is 13.2. The van der Waals surface area contributed by atoms with Crippen molar-refractivity contribution in [3.63, 3.8) is 0 Å². The molecule has 0 aliphatic rings. The van der Waals surface area contributed by atoms with E-state index < -0.39 is 0 Å². The number of rotatable bonds is 6. The molecule has 0 atom stereocenters. The fourth-order valence-corrected chi connectivity index (χ4v) is 1.99. The Bertz CT molecular complexity index is 361. The van der Waals surface area contributed by atoms with Crippen LogP contribution in [-0.2, 0) is 4.79 Å². The van der Waals surface area contributed by atoms with Crippen LogP contribution >= 0.6 is 15.9 Å². The fraction of sp³-hybridized carbons (Fsp3) is 0.462. The van der Waals surface area contributed by atoms with Gasteiger partial charge in [0.1, 0.15) is 11.5 Å². The Morgan fingerprint density at radius 1 is 1.38 bits per heavy atom. The zero-order chi connectivity index (χ0) is 12.0. The molecule has 16 heavy (non-hydrogen) atoms. The van der Waals surface area contributed by atoms with Crippen molar-refractivity contribution in [3.8, 4) is 5.75 Å². The van der Waals surface area contributed by atoms with Crippen molar-refractivity contribution >= 4 is 21.7 Å². The number of benzene rings is 1. The Hall–Kier alpha value is -0.830. The number of ketones is 1. The lowest BCUT2D eigenvalue weighted by molar-refractivity contribution is -0.117. The Balaban J connectivity index is 2.29. The molecular weight excluding hydrogens is 268 g/mol. The van der Waals surface area contributed by atoms with Crippen LogP contribution in [0.4, 0.5) is 0 Å². The summed E-state index contributed by atoms with van der Waals surface area (Å²) >= 11 is 3.46. The summed E-state index contributed by atoms with van der Waals surface area (Å²) in [7, 11) is 0. The molecule has 0 fully saturated rings. The van der Waals surface area contributed by atoms with E-state index in [2.05, 4.69) is 15.9 Å². The van der Waals surface area contributed by atoms with Gasteiger partial charge in [-0.15, -0.1) is 0 Å². The Morgan fingerprint density at radius 3 is 2.75 bits per heavy atom. The van der Waals surface area contributed by atoms with Crippen molar-refractivity contribution in [3.05, 3.63) is 28.2 Å².